The molecule has 1 aliphatic heterocycles. The number of carbonyl (C=O) groups is 2. The molecule has 0 saturated carbocycles. The van der Waals surface area contributed by atoms with Gasteiger partial charge in [0.1, 0.15) is 18.9 Å². The number of hydrogen-bond donors (Lipinski definition) is 0. The molecule has 0 bridgehead atoms. The molecule has 0 aliphatic carbocycles. The van der Waals surface area contributed by atoms with E-state index in [-0.39, 0.29) is 44.8 Å². The van der Waals surface area contributed by atoms with Crippen LogP contribution in [-0.2, 0) is 27.4 Å². The number of furan rings is 1. The minimum absolute atomic E-state index is 0.0839. The van der Waals surface area contributed by atoms with Gasteiger partial charge in [0.2, 0.25) is 18.6 Å². The van der Waals surface area contributed by atoms with E-state index in [1.54, 1.807) is 29.4 Å². The van der Waals surface area contributed by atoms with Crippen LogP contribution in [0.5, 0.6) is 11.5 Å². The molecule has 0 radical (unpaired) electrons. The molecule has 2 aromatic rings. The summed E-state index contributed by atoms with van der Waals surface area (Å²) >= 11 is 0. The van der Waals surface area contributed by atoms with Crippen molar-refractivity contribution in [1.82, 2.24) is 9.80 Å². The molecule has 3 rings (SSSR count). The number of hydrogen-bond acceptors (Lipinski definition) is 6. The largest absolute Gasteiger partial charge is 0.467 e. The smallest absolute Gasteiger partial charge is 0.249 e. The Kier molecular flexibility index (Phi) is 6.91. The van der Waals surface area contributed by atoms with Crippen molar-refractivity contribution < 1.29 is 28.2 Å². The molecule has 1 aliphatic rings. The van der Waals surface area contributed by atoms with Gasteiger partial charge in [0.05, 0.1) is 12.8 Å². The van der Waals surface area contributed by atoms with E-state index in [0.29, 0.717) is 23.8 Å². The standard InChI is InChI=1S/C21H24N2O6/c1-3-8-22(21(25)14-26-2)13-20(24)23(12-17-5-4-9-27-17)11-16-6-7-18-19(10-16)29-15-28-18/h3-7,9-10H,1,8,11-15H2,2H3. The molecular weight excluding hydrogens is 376 g/mol. The predicted octanol–water partition coefficient (Wildman–Crippen LogP) is 2.20. The Balaban J connectivity index is 1.75. The SMILES string of the molecule is C=CCN(CC(=O)N(Cc1ccc2c(c1)OCO2)Cc1ccco1)C(=O)COC. The number of methoxy groups -OCH3 is 1. The van der Waals surface area contributed by atoms with Crippen LogP contribution in [0.15, 0.2) is 53.7 Å². The van der Waals surface area contributed by atoms with Gasteiger partial charge in [-0.25, -0.2) is 0 Å². The summed E-state index contributed by atoms with van der Waals surface area (Å²) in [6.45, 7) is 4.53. The lowest BCUT2D eigenvalue weighted by molar-refractivity contribution is -0.142. The molecule has 8 heteroatoms. The van der Waals surface area contributed by atoms with E-state index in [1.165, 1.54) is 12.0 Å². The van der Waals surface area contributed by atoms with E-state index in [4.69, 9.17) is 18.6 Å². The fourth-order valence-electron chi connectivity index (χ4n) is 2.97. The highest BCUT2D eigenvalue weighted by atomic mass is 16.7. The van der Waals surface area contributed by atoms with Gasteiger partial charge in [-0.3, -0.25) is 9.59 Å². The fourth-order valence-corrected chi connectivity index (χ4v) is 2.97. The van der Waals surface area contributed by atoms with E-state index in [1.807, 2.05) is 18.2 Å². The lowest BCUT2D eigenvalue weighted by Gasteiger charge is -2.26. The molecule has 0 spiro atoms. The van der Waals surface area contributed by atoms with Gasteiger partial charge in [-0.1, -0.05) is 12.1 Å². The summed E-state index contributed by atoms with van der Waals surface area (Å²) in [5.74, 6) is 1.49. The monoisotopic (exact) mass is 400 g/mol. The van der Waals surface area contributed by atoms with Crippen molar-refractivity contribution in [2.24, 2.45) is 0 Å². The number of nitrogens with zero attached hydrogens (tertiary/aromatic N) is 2. The Morgan fingerprint density at radius 1 is 1.14 bits per heavy atom. The first-order valence-corrected chi connectivity index (χ1v) is 9.17. The van der Waals surface area contributed by atoms with Crippen molar-refractivity contribution in [2.45, 2.75) is 13.1 Å². The molecular formula is C21H24N2O6. The van der Waals surface area contributed by atoms with Crippen molar-refractivity contribution in [3.63, 3.8) is 0 Å². The van der Waals surface area contributed by atoms with Crippen LogP contribution < -0.4 is 9.47 Å². The summed E-state index contributed by atoms with van der Waals surface area (Å²) in [5, 5.41) is 0. The van der Waals surface area contributed by atoms with Gasteiger partial charge < -0.3 is 28.4 Å². The van der Waals surface area contributed by atoms with Gasteiger partial charge in [0, 0.05) is 20.2 Å². The topological polar surface area (TPSA) is 81.5 Å². The van der Waals surface area contributed by atoms with E-state index in [2.05, 4.69) is 6.58 Å². The van der Waals surface area contributed by atoms with Crippen LogP contribution >= 0.6 is 0 Å². The molecule has 154 valence electrons. The summed E-state index contributed by atoms with van der Waals surface area (Å²) in [6, 6.07) is 9.12. The Hall–Kier alpha value is -3.26. The van der Waals surface area contributed by atoms with Crippen LogP contribution in [0.3, 0.4) is 0 Å². The third kappa shape index (κ3) is 5.39. The zero-order valence-corrected chi connectivity index (χ0v) is 16.3. The van der Waals surface area contributed by atoms with Gasteiger partial charge in [-0.05, 0) is 29.8 Å². The van der Waals surface area contributed by atoms with Crippen molar-refractivity contribution in [3.05, 3.63) is 60.6 Å². The molecule has 0 N–H and O–H groups in total. The van der Waals surface area contributed by atoms with Crippen LogP contribution in [0, 0.1) is 0 Å². The summed E-state index contributed by atoms with van der Waals surface area (Å²) in [6.07, 6.45) is 3.14. The second kappa shape index (κ2) is 9.79. The first kappa shape index (κ1) is 20.5. The summed E-state index contributed by atoms with van der Waals surface area (Å²) in [7, 11) is 1.44. The fraction of sp³-hybridized carbons (Fsp3) is 0.333. The predicted molar refractivity (Wildman–Crippen MR) is 104 cm³/mol. The number of rotatable bonds is 10. The molecule has 0 unspecified atom stereocenters. The van der Waals surface area contributed by atoms with E-state index in [9.17, 15) is 9.59 Å². The number of amides is 2. The minimum atomic E-state index is -0.276. The second-order valence-corrected chi connectivity index (χ2v) is 6.51. The lowest BCUT2D eigenvalue weighted by Crippen LogP contribution is -2.43. The molecule has 0 saturated heterocycles. The Bertz CT molecular complexity index is 849. The Labute approximate surface area is 169 Å². The van der Waals surface area contributed by atoms with Crippen LogP contribution in [0.25, 0.3) is 0 Å². The third-order valence-corrected chi connectivity index (χ3v) is 4.39. The van der Waals surface area contributed by atoms with Crippen LogP contribution in [0.4, 0.5) is 0 Å². The summed E-state index contributed by atoms with van der Waals surface area (Å²) in [5.41, 5.74) is 0.882. The van der Waals surface area contributed by atoms with Crippen molar-refractivity contribution in [2.75, 3.05) is 33.6 Å². The molecule has 29 heavy (non-hydrogen) atoms. The quantitative estimate of drug-likeness (QED) is 0.569. The van der Waals surface area contributed by atoms with Crippen molar-refractivity contribution in [3.8, 4) is 11.5 Å². The van der Waals surface area contributed by atoms with Crippen molar-refractivity contribution >= 4 is 11.8 Å². The Morgan fingerprint density at radius 2 is 1.97 bits per heavy atom. The maximum absolute atomic E-state index is 13.1. The molecule has 1 aromatic carbocycles. The zero-order chi connectivity index (χ0) is 20.6. The molecule has 8 nitrogen and oxygen atoms in total. The van der Waals surface area contributed by atoms with Gasteiger partial charge in [0.15, 0.2) is 11.5 Å². The molecule has 0 fully saturated rings. The molecule has 0 atom stereocenters. The maximum Gasteiger partial charge on any atom is 0.249 e. The van der Waals surface area contributed by atoms with Gasteiger partial charge in [-0.15, -0.1) is 6.58 Å². The van der Waals surface area contributed by atoms with Crippen LogP contribution in [0.1, 0.15) is 11.3 Å². The molecule has 2 amide bonds. The van der Waals surface area contributed by atoms with Crippen molar-refractivity contribution in [1.29, 1.82) is 0 Å². The van der Waals surface area contributed by atoms with Crippen LogP contribution in [0.2, 0.25) is 0 Å². The highest BCUT2D eigenvalue weighted by Crippen LogP contribution is 2.33. The number of carbonyl (C=O) groups excluding carboxylic acids is 2. The normalized spacial score (nSPS) is 11.9. The first-order valence-electron chi connectivity index (χ1n) is 9.17. The van der Waals surface area contributed by atoms with Gasteiger partial charge >= 0.3 is 0 Å². The number of benzene rings is 1. The van der Waals surface area contributed by atoms with Gasteiger partial charge in [-0.2, -0.15) is 0 Å². The highest BCUT2D eigenvalue weighted by Gasteiger charge is 2.22. The van der Waals surface area contributed by atoms with E-state index < -0.39 is 0 Å². The maximum atomic E-state index is 13.1. The average Bonchev–Trinajstić information content (AvgIpc) is 3.38. The summed E-state index contributed by atoms with van der Waals surface area (Å²) in [4.78, 5) is 28.3. The zero-order valence-electron chi connectivity index (χ0n) is 16.3. The van der Waals surface area contributed by atoms with E-state index in [0.717, 1.165) is 5.56 Å². The van der Waals surface area contributed by atoms with Crippen LogP contribution in [-0.4, -0.2) is 55.2 Å². The molecule has 2 heterocycles. The second-order valence-electron chi connectivity index (χ2n) is 6.51. The third-order valence-electron chi connectivity index (χ3n) is 4.39. The number of fused-ring (bicyclic) bond motifs is 1. The molecule has 1 aromatic heterocycles. The van der Waals surface area contributed by atoms with E-state index >= 15 is 0 Å². The minimum Gasteiger partial charge on any atom is -0.467 e. The lowest BCUT2D eigenvalue weighted by atomic mass is 10.2. The van der Waals surface area contributed by atoms with Gasteiger partial charge in [0.25, 0.3) is 0 Å². The first-order chi connectivity index (χ1) is 14.1. The summed E-state index contributed by atoms with van der Waals surface area (Å²) < 4.78 is 21.1. The number of ether oxygens (including phenoxy) is 3. The Morgan fingerprint density at radius 3 is 2.69 bits per heavy atom. The highest BCUT2D eigenvalue weighted by molar-refractivity contribution is 5.85. The average molecular weight is 400 g/mol.